The van der Waals surface area contributed by atoms with Gasteiger partial charge in [0.1, 0.15) is 6.04 Å². The summed E-state index contributed by atoms with van der Waals surface area (Å²) in [7, 11) is 1.66. The quantitative estimate of drug-likeness (QED) is 0.634. The second kappa shape index (κ2) is 7.13. The molecule has 0 aliphatic rings. The van der Waals surface area contributed by atoms with Crippen LogP contribution >= 0.6 is 0 Å². The highest BCUT2D eigenvalue weighted by molar-refractivity contribution is 5.73. The zero-order chi connectivity index (χ0) is 13.5. The molecule has 0 heterocycles. The maximum atomic E-state index is 10.8. The van der Waals surface area contributed by atoms with E-state index in [9.17, 15) is 4.79 Å². The molecule has 0 saturated carbocycles. The van der Waals surface area contributed by atoms with Crippen molar-refractivity contribution < 1.29 is 9.90 Å². The number of aliphatic carboxylic acids is 1. The number of nitrogens with one attached hydrogen (secondary N) is 2. The third-order valence-corrected chi connectivity index (χ3v) is 3.06. The van der Waals surface area contributed by atoms with Crippen LogP contribution in [0.25, 0.3) is 0 Å². The third kappa shape index (κ3) is 4.47. The predicted octanol–water partition coefficient (Wildman–Crippen LogP) is 1.11. The molecular formula is C14H22N2O2. The number of carboxylic acids is 1. The molecule has 1 rings (SSSR count). The zero-order valence-electron chi connectivity index (χ0n) is 11.3. The van der Waals surface area contributed by atoms with E-state index >= 15 is 0 Å². The van der Waals surface area contributed by atoms with Crippen LogP contribution in [0.3, 0.4) is 0 Å². The molecule has 3 N–H and O–H groups in total. The molecule has 0 bridgehead atoms. The third-order valence-electron chi connectivity index (χ3n) is 3.06. The summed E-state index contributed by atoms with van der Waals surface area (Å²) in [6, 6.07) is 5.89. The number of rotatable bonds is 7. The van der Waals surface area contributed by atoms with Gasteiger partial charge in [-0.1, -0.05) is 23.8 Å². The molecule has 0 radical (unpaired) electrons. The largest absolute Gasteiger partial charge is 0.480 e. The molecule has 1 aromatic carbocycles. The molecule has 1 aromatic rings. The Morgan fingerprint density at radius 3 is 2.67 bits per heavy atom. The van der Waals surface area contributed by atoms with Gasteiger partial charge < -0.3 is 15.7 Å². The van der Waals surface area contributed by atoms with E-state index in [0.29, 0.717) is 6.54 Å². The molecular weight excluding hydrogens is 228 g/mol. The first-order valence-corrected chi connectivity index (χ1v) is 6.21. The first-order valence-electron chi connectivity index (χ1n) is 6.21. The van der Waals surface area contributed by atoms with Crippen molar-refractivity contribution in [3.63, 3.8) is 0 Å². The van der Waals surface area contributed by atoms with Crippen molar-refractivity contribution in [1.82, 2.24) is 10.6 Å². The van der Waals surface area contributed by atoms with E-state index in [4.69, 9.17) is 5.11 Å². The van der Waals surface area contributed by atoms with Gasteiger partial charge in [0.05, 0.1) is 0 Å². The smallest absolute Gasteiger partial charge is 0.322 e. The molecule has 0 amide bonds. The first kappa shape index (κ1) is 14.7. The Bertz CT molecular complexity index is 405. The number of hydrogen-bond donors (Lipinski definition) is 3. The van der Waals surface area contributed by atoms with Gasteiger partial charge in [-0.15, -0.1) is 0 Å². The van der Waals surface area contributed by atoms with Crippen molar-refractivity contribution in [1.29, 1.82) is 0 Å². The number of aryl methyl sites for hydroxylation is 2. The normalized spacial score (nSPS) is 12.4. The minimum atomic E-state index is -0.823. The molecule has 4 heteroatoms. The topological polar surface area (TPSA) is 61.4 Å². The summed E-state index contributed by atoms with van der Waals surface area (Å²) >= 11 is 0. The summed E-state index contributed by atoms with van der Waals surface area (Å²) in [5, 5.41) is 14.8. The van der Waals surface area contributed by atoms with Crippen LogP contribution < -0.4 is 10.6 Å². The van der Waals surface area contributed by atoms with Crippen LogP contribution in [0.15, 0.2) is 18.2 Å². The monoisotopic (exact) mass is 250 g/mol. The number of hydrogen-bond acceptors (Lipinski definition) is 3. The van der Waals surface area contributed by atoms with Gasteiger partial charge in [0.25, 0.3) is 0 Å². The fourth-order valence-electron chi connectivity index (χ4n) is 1.91. The summed E-state index contributed by atoms with van der Waals surface area (Å²) < 4.78 is 0. The summed E-state index contributed by atoms with van der Waals surface area (Å²) in [6.45, 7) is 5.42. The minimum Gasteiger partial charge on any atom is -0.480 e. The fourth-order valence-corrected chi connectivity index (χ4v) is 1.91. The summed E-state index contributed by atoms with van der Waals surface area (Å²) in [4.78, 5) is 10.8. The summed E-state index contributed by atoms with van der Waals surface area (Å²) in [6.07, 6.45) is 0.919. The maximum Gasteiger partial charge on any atom is 0.322 e. The second-order valence-corrected chi connectivity index (χ2v) is 4.56. The lowest BCUT2D eigenvalue weighted by Gasteiger charge is -2.13. The highest BCUT2D eigenvalue weighted by atomic mass is 16.4. The summed E-state index contributed by atoms with van der Waals surface area (Å²) in [5.74, 6) is -0.823. The van der Waals surface area contributed by atoms with Crippen LogP contribution in [0.2, 0.25) is 0 Å². The molecule has 0 aliphatic carbocycles. The molecule has 1 unspecified atom stereocenters. The van der Waals surface area contributed by atoms with E-state index < -0.39 is 12.0 Å². The molecule has 1 atom stereocenters. The standard InChI is InChI=1S/C14H22N2O2/c1-10-4-5-12(11(2)8-10)6-7-16-9-13(15-3)14(17)18/h4-5,8,13,15-16H,6-7,9H2,1-3H3,(H,17,18). The Labute approximate surface area is 108 Å². The van der Waals surface area contributed by atoms with Gasteiger partial charge >= 0.3 is 5.97 Å². The molecule has 0 aromatic heterocycles. The molecule has 0 saturated heterocycles. The van der Waals surface area contributed by atoms with Crippen LogP contribution in [0.1, 0.15) is 16.7 Å². The van der Waals surface area contributed by atoms with E-state index in [0.717, 1.165) is 13.0 Å². The Morgan fingerprint density at radius 1 is 1.39 bits per heavy atom. The number of benzene rings is 1. The Hall–Kier alpha value is -1.39. The van der Waals surface area contributed by atoms with Crippen molar-refractivity contribution in [3.05, 3.63) is 34.9 Å². The van der Waals surface area contributed by atoms with E-state index in [-0.39, 0.29) is 0 Å². The van der Waals surface area contributed by atoms with Crippen LogP contribution in [0, 0.1) is 13.8 Å². The van der Waals surface area contributed by atoms with Crippen molar-refractivity contribution >= 4 is 5.97 Å². The van der Waals surface area contributed by atoms with Crippen molar-refractivity contribution in [2.24, 2.45) is 0 Å². The van der Waals surface area contributed by atoms with E-state index in [1.807, 2.05) is 0 Å². The molecule has 0 spiro atoms. The average Bonchev–Trinajstić information content (AvgIpc) is 2.31. The van der Waals surface area contributed by atoms with E-state index in [1.165, 1.54) is 16.7 Å². The lowest BCUT2D eigenvalue weighted by molar-refractivity contribution is -0.139. The Balaban J connectivity index is 2.35. The maximum absolute atomic E-state index is 10.8. The number of carboxylic acid groups (broad SMARTS) is 1. The highest BCUT2D eigenvalue weighted by Crippen LogP contribution is 2.10. The Morgan fingerprint density at radius 2 is 2.11 bits per heavy atom. The SMILES string of the molecule is CNC(CNCCc1ccc(C)cc1C)C(=O)O. The van der Waals surface area contributed by atoms with E-state index in [1.54, 1.807) is 7.05 Å². The lowest BCUT2D eigenvalue weighted by atomic mass is 10.0. The first-order chi connectivity index (χ1) is 8.54. The van der Waals surface area contributed by atoms with Crippen LogP contribution in [-0.4, -0.2) is 37.3 Å². The van der Waals surface area contributed by atoms with Gasteiger partial charge in [0.2, 0.25) is 0 Å². The van der Waals surface area contributed by atoms with Crippen molar-refractivity contribution in [2.75, 3.05) is 20.1 Å². The van der Waals surface area contributed by atoms with Gasteiger partial charge in [0.15, 0.2) is 0 Å². The van der Waals surface area contributed by atoms with Gasteiger partial charge in [0, 0.05) is 6.54 Å². The molecule has 0 aliphatic heterocycles. The van der Waals surface area contributed by atoms with Gasteiger partial charge in [-0.05, 0) is 45.0 Å². The number of carbonyl (C=O) groups is 1. The number of likely N-dealkylation sites (N-methyl/N-ethyl adjacent to an activating group) is 1. The van der Waals surface area contributed by atoms with Crippen LogP contribution in [-0.2, 0) is 11.2 Å². The van der Waals surface area contributed by atoms with E-state index in [2.05, 4.69) is 42.7 Å². The van der Waals surface area contributed by atoms with Gasteiger partial charge in [-0.3, -0.25) is 4.79 Å². The fraction of sp³-hybridized carbons (Fsp3) is 0.500. The van der Waals surface area contributed by atoms with Crippen LogP contribution in [0.4, 0.5) is 0 Å². The molecule has 18 heavy (non-hydrogen) atoms. The predicted molar refractivity (Wildman–Crippen MR) is 73.0 cm³/mol. The zero-order valence-corrected chi connectivity index (χ0v) is 11.3. The van der Waals surface area contributed by atoms with Crippen molar-refractivity contribution in [2.45, 2.75) is 26.3 Å². The minimum absolute atomic E-state index is 0.441. The van der Waals surface area contributed by atoms with Gasteiger partial charge in [-0.2, -0.15) is 0 Å². The van der Waals surface area contributed by atoms with Gasteiger partial charge in [-0.25, -0.2) is 0 Å². The highest BCUT2D eigenvalue weighted by Gasteiger charge is 2.13. The molecule has 0 fully saturated rings. The lowest BCUT2D eigenvalue weighted by Crippen LogP contribution is -2.43. The average molecular weight is 250 g/mol. The molecule has 100 valence electrons. The Kier molecular flexibility index (Phi) is 5.82. The second-order valence-electron chi connectivity index (χ2n) is 4.56. The van der Waals surface area contributed by atoms with Crippen LogP contribution in [0.5, 0.6) is 0 Å². The molecule has 4 nitrogen and oxygen atoms in total. The summed E-state index contributed by atoms with van der Waals surface area (Å²) in [5.41, 5.74) is 3.87. The van der Waals surface area contributed by atoms with Crippen molar-refractivity contribution in [3.8, 4) is 0 Å².